The lowest BCUT2D eigenvalue weighted by Gasteiger charge is -2.17. The molecule has 0 aliphatic carbocycles. The van der Waals surface area contributed by atoms with Gasteiger partial charge in [0.05, 0.1) is 34.8 Å². The van der Waals surface area contributed by atoms with Gasteiger partial charge in [0, 0.05) is 12.1 Å². The molecule has 0 fully saturated rings. The smallest absolute Gasteiger partial charge is 0.269 e. The minimum Gasteiger partial charge on any atom is -0.493 e. The molecule has 0 aliphatic rings. The zero-order chi connectivity index (χ0) is 20.0. The standard InChI is InChI=1S/C20H19ClN2O4/c1-4-13(2)27-20-18(21)10-14(11-19(20)26-3)9-16(12-22)15-5-7-17(8-6-15)23(24)25/h5-11,13H,4H2,1-3H3/b16-9-. The highest BCUT2D eigenvalue weighted by Crippen LogP contribution is 2.38. The highest BCUT2D eigenvalue weighted by molar-refractivity contribution is 6.32. The first-order valence-corrected chi connectivity index (χ1v) is 8.68. The SMILES string of the molecule is CCC(C)Oc1c(Cl)cc(/C=C(/C#N)c2ccc([N+](=O)[O-])cc2)cc1OC. The van der Waals surface area contributed by atoms with Gasteiger partial charge in [-0.2, -0.15) is 5.26 Å². The summed E-state index contributed by atoms with van der Waals surface area (Å²) in [4.78, 5) is 10.3. The van der Waals surface area contributed by atoms with Crippen LogP contribution in [0.3, 0.4) is 0 Å². The van der Waals surface area contributed by atoms with Gasteiger partial charge in [0.25, 0.3) is 5.69 Å². The van der Waals surface area contributed by atoms with Crippen LogP contribution in [0, 0.1) is 21.4 Å². The van der Waals surface area contributed by atoms with Crippen LogP contribution in [-0.2, 0) is 0 Å². The van der Waals surface area contributed by atoms with Crippen molar-refractivity contribution >= 4 is 28.9 Å². The number of nitrogens with zero attached hydrogens (tertiary/aromatic N) is 2. The first-order valence-electron chi connectivity index (χ1n) is 8.30. The van der Waals surface area contributed by atoms with Crippen molar-refractivity contribution in [2.24, 2.45) is 0 Å². The zero-order valence-electron chi connectivity index (χ0n) is 15.2. The van der Waals surface area contributed by atoms with Crippen LogP contribution in [-0.4, -0.2) is 18.1 Å². The van der Waals surface area contributed by atoms with Crippen LogP contribution in [0.5, 0.6) is 11.5 Å². The minimum atomic E-state index is -0.486. The van der Waals surface area contributed by atoms with Crippen molar-refractivity contribution in [3.63, 3.8) is 0 Å². The van der Waals surface area contributed by atoms with Gasteiger partial charge in [-0.15, -0.1) is 0 Å². The molecule has 0 aliphatic heterocycles. The molecule has 0 bridgehead atoms. The molecule has 0 radical (unpaired) electrons. The van der Waals surface area contributed by atoms with E-state index in [2.05, 4.69) is 6.07 Å². The molecule has 0 saturated carbocycles. The van der Waals surface area contributed by atoms with Crippen LogP contribution in [0.15, 0.2) is 36.4 Å². The van der Waals surface area contributed by atoms with Gasteiger partial charge >= 0.3 is 0 Å². The molecule has 0 spiro atoms. The Kier molecular flexibility index (Phi) is 6.80. The van der Waals surface area contributed by atoms with Crippen LogP contribution >= 0.6 is 11.6 Å². The Balaban J connectivity index is 2.42. The van der Waals surface area contributed by atoms with Gasteiger partial charge in [0.15, 0.2) is 11.5 Å². The van der Waals surface area contributed by atoms with E-state index >= 15 is 0 Å². The van der Waals surface area contributed by atoms with E-state index in [4.69, 9.17) is 21.1 Å². The Morgan fingerprint density at radius 2 is 2.04 bits per heavy atom. The summed E-state index contributed by atoms with van der Waals surface area (Å²) >= 11 is 6.35. The van der Waals surface area contributed by atoms with E-state index in [9.17, 15) is 15.4 Å². The summed E-state index contributed by atoms with van der Waals surface area (Å²) in [5.74, 6) is 0.926. The van der Waals surface area contributed by atoms with E-state index in [1.54, 1.807) is 18.2 Å². The van der Waals surface area contributed by atoms with E-state index < -0.39 is 4.92 Å². The summed E-state index contributed by atoms with van der Waals surface area (Å²) in [6.45, 7) is 3.94. The van der Waals surface area contributed by atoms with Crippen LogP contribution in [0.4, 0.5) is 5.69 Å². The first-order chi connectivity index (χ1) is 12.9. The lowest BCUT2D eigenvalue weighted by atomic mass is 10.0. The van der Waals surface area contributed by atoms with Crippen LogP contribution in [0.1, 0.15) is 31.4 Å². The minimum absolute atomic E-state index is 0.0208. The molecule has 0 saturated heterocycles. The second kappa shape index (κ2) is 9.06. The van der Waals surface area contributed by atoms with E-state index in [1.165, 1.54) is 31.4 Å². The molecule has 0 aromatic heterocycles. The van der Waals surface area contributed by atoms with Crippen LogP contribution < -0.4 is 9.47 Å². The largest absolute Gasteiger partial charge is 0.493 e. The summed E-state index contributed by atoms with van der Waals surface area (Å²) in [6, 6.07) is 11.3. The maximum Gasteiger partial charge on any atom is 0.269 e. The van der Waals surface area contributed by atoms with Crippen molar-refractivity contribution < 1.29 is 14.4 Å². The van der Waals surface area contributed by atoms with Gasteiger partial charge in [0.2, 0.25) is 0 Å². The highest BCUT2D eigenvalue weighted by atomic mass is 35.5. The number of ether oxygens (including phenoxy) is 2. The van der Waals surface area contributed by atoms with Crippen molar-refractivity contribution in [3.8, 4) is 17.6 Å². The average Bonchev–Trinajstić information content (AvgIpc) is 2.67. The van der Waals surface area contributed by atoms with E-state index in [-0.39, 0.29) is 11.8 Å². The second-order valence-corrected chi connectivity index (χ2v) is 6.25. The van der Waals surface area contributed by atoms with Crippen molar-refractivity contribution in [1.82, 2.24) is 0 Å². The quantitative estimate of drug-likeness (QED) is 0.271. The topological polar surface area (TPSA) is 85.4 Å². The molecule has 27 heavy (non-hydrogen) atoms. The molecule has 0 amide bonds. The number of allylic oxidation sites excluding steroid dienone is 1. The summed E-state index contributed by atoms with van der Waals surface area (Å²) in [7, 11) is 1.52. The molecule has 1 atom stereocenters. The fraction of sp³-hybridized carbons (Fsp3) is 0.250. The van der Waals surface area contributed by atoms with E-state index in [1.807, 2.05) is 13.8 Å². The molecule has 1 unspecified atom stereocenters. The van der Waals surface area contributed by atoms with Crippen molar-refractivity contribution in [3.05, 3.63) is 62.7 Å². The predicted molar refractivity (Wildman–Crippen MR) is 105 cm³/mol. The number of benzene rings is 2. The Bertz CT molecular complexity index is 901. The molecule has 6 nitrogen and oxygen atoms in total. The normalized spacial score (nSPS) is 12.2. The number of hydrogen-bond acceptors (Lipinski definition) is 5. The number of rotatable bonds is 7. The van der Waals surface area contributed by atoms with Gasteiger partial charge in [-0.25, -0.2) is 0 Å². The Labute approximate surface area is 162 Å². The van der Waals surface area contributed by atoms with Gasteiger partial charge in [-0.1, -0.05) is 18.5 Å². The number of nitro groups is 1. The molecule has 0 heterocycles. The number of methoxy groups -OCH3 is 1. The fourth-order valence-corrected chi connectivity index (χ4v) is 2.60. The Morgan fingerprint density at radius 1 is 1.37 bits per heavy atom. The summed E-state index contributed by atoms with van der Waals surface area (Å²) in [5.41, 5.74) is 1.53. The van der Waals surface area contributed by atoms with Crippen molar-refractivity contribution in [2.75, 3.05) is 7.11 Å². The lowest BCUT2D eigenvalue weighted by molar-refractivity contribution is -0.384. The van der Waals surface area contributed by atoms with Gasteiger partial charge in [-0.3, -0.25) is 10.1 Å². The molecule has 140 valence electrons. The number of non-ortho nitro benzene ring substituents is 1. The highest BCUT2D eigenvalue weighted by Gasteiger charge is 2.15. The molecule has 2 aromatic rings. The third kappa shape index (κ3) is 4.99. The molecular weight excluding hydrogens is 368 g/mol. The van der Waals surface area contributed by atoms with Crippen LogP contribution in [0.25, 0.3) is 11.6 Å². The zero-order valence-corrected chi connectivity index (χ0v) is 16.0. The Morgan fingerprint density at radius 3 is 2.56 bits per heavy atom. The second-order valence-electron chi connectivity index (χ2n) is 5.84. The first kappa shape index (κ1) is 20.3. The van der Waals surface area contributed by atoms with Gasteiger partial charge in [0.1, 0.15) is 0 Å². The third-order valence-corrected chi connectivity index (χ3v) is 4.25. The number of hydrogen-bond donors (Lipinski definition) is 0. The average molecular weight is 387 g/mol. The van der Waals surface area contributed by atoms with Crippen molar-refractivity contribution in [1.29, 1.82) is 5.26 Å². The summed E-state index contributed by atoms with van der Waals surface area (Å²) < 4.78 is 11.2. The summed E-state index contributed by atoms with van der Waals surface area (Å²) in [6.07, 6.45) is 2.44. The number of nitriles is 1. The Hall–Kier alpha value is -3.04. The van der Waals surface area contributed by atoms with Gasteiger partial charge < -0.3 is 9.47 Å². The van der Waals surface area contributed by atoms with Gasteiger partial charge in [-0.05, 0) is 54.8 Å². The molecule has 7 heteroatoms. The predicted octanol–water partition coefficient (Wildman–Crippen LogP) is 5.50. The lowest BCUT2D eigenvalue weighted by Crippen LogP contribution is -2.11. The maximum atomic E-state index is 10.8. The molecule has 2 aromatic carbocycles. The fourth-order valence-electron chi connectivity index (χ4n) is 2.33. The maximum absolute atomic E-state index is 10.8. The molecule has 2 rings (SSSR count). The van der Waals surface area contributed by atoms with Crippen molar-refractivity contribution in [2.45, 2.75) is 26.4 Å². The number of nitro benzene ring substituents is 1. The third-order valence-electron chi connectivity index (χ3n) is 3.97. The van der Waals surface area contributed by atoms with Crippen LogP contribution in [0.2, 0.25) is 5.02 Å². The monoisotopic (exact) mass is 386 g/mol. The summed E-state index contributed by atoms with van der Waals surface area (Å²) in [5, 5.41) is 20.6. The van der Waals surface area contributed by atoms with E-state index in [0.29, 0.717) is 33.2 Å². The molecular formula is C20H19ClN2O4. The molecule has 0 N–H and O–H groups in total. The number of halogens is 1. The van der Waals surface area contributed by atoms with E-state index in [0.717, 1.165) is 6.42 Å².